The number of nitrogens with zero attached hydrogens (tertiary/aromatic N) is 1. The number of carboxylic acid groups (broad SMARTS) is 2. The zero-order valence-electron chi connectivity index (χ0n) is 8.14. The van der Waals surface area contributed by atoms with E-state index in [0.717, 1.165) is 6.42 Å². The smallest absolute Gasteiger partial charge is 0.321 e. The Kier molecular flexibility index (Phi) is 3.46. The van der Waals surface area contributed by atoms with Gasteiger partial charge in [-0.25, -0.2) is 0 Å². The van der Waals surface area contributed by atoms with Crippen LogP contribution in [0.2, 0.25) is 0 Å². The Morgan fingerprint density at radius 3 is 2.43 bits per heavy atom. The molecule has 0 amide bonds. The van der Waals surface area contributed by atoms with E-state index in [1.54, 1.807) is 4.90 Å². The lowest BCUT2D eigenvalue weighted by molar-refractivity contribution is -0.157. The minimum atomic E-state index is -1.03. The quantitative estimate of drug-likeness (QED) is 0.684. The molecule has 0 aliphatic carbocycles. The second kappa shape index (κ2) is 4.41. The Labute approximate surface area is 82.3 Å². The normalized spacial score (nSPS) is 28.6. The summed E-state index contributed by atoms with van der Waals surface area (Å²) in [6.07, 6.45) is 1.22. The molecule has 0 bridgehead atoms. The number of aliphatic carboxylic acids is 2. The minimum Gasteiger partial charge on any atom is -0.481 e. The van der Waals surface area contributed by atoms with Gasteiger partial charge in [-0.2, -0.15) is 0 Å². The fourth-order valence-electron chi connectivity index (χ4n) is 2.01. The van der Waals surface area contributed by atoms with E-state index in [9.17, 15) is 9.59 Å². The molecule has 1 saturated heterocycles. The predicted molar refractivity (Wildman–Crippen MR) is 49.0 cm³/mol. The largest absolute Gasteiger partial charge is 0.481 e. The number of likely N-dealkylation sites (tertiary alicyclic amines) is 1. The van der Waals surface area contributed by atoms with Crippen molar-refractivity contribution in [2.75, 3.05) is 13.1 Å². The van der Waals surface area contributed by atoms with Crippen molar-refractivity contribution in [1.29, 1.82) is 0 Å². The highest BCUT2D eigenvalue weighted by Gasteiger charge is 2.40. The molecule has 0 spiro atoms. The van der Waals surface area contributed by atoms with Crippen LogP contribution in [-0.4, -0.2) is 46.2 Å². The van der Waals surface area contributed by atoms with Crippen LogP contribution in [0.3, 0.4) is 0 Å². The maximum atomic E-state index is 10.9. The SMILES string of the molecule is CCN1CCC[C@@H](C(=O)O)[C@H]1C(=O)O. The fraction of sp³-hybridized carbons (Fsp3) is 0.778. The first-order valence-corrected chi connectivity index (χ1v) is 4.77. The van der Waals surface area contributed by atoms with Crippen LogP contribution in [-0.2, 0) is 9.59 Å². The van der Waals surface area contributed by atoms with Crippen LogP contribution >= 0.6 is 0 Å². The Hall–Kier alpha value is -1.10. The first-order chi connectivity index (χ1) is 6.57. The van der Waals surface area contributed by atoms with Crippen molar-refractivity contribution in [3.8, 4) is 0 Å². The van der Waals surface area contributed by atoms with E-state index in [4.69, 9.17) is 10.2 Å². The molecular formula is C9H15NO4. The van der Waals surface area contributed by atoms with Gasteiger partial charge in [0.05, 0.1) is 5.92 Å². The molecular weight excluding hydrogens is 186 g/mol. The van der Waals surface area contributed by atoms with Crippen molar-refractivity contribution >= 4 is 11.9 Å². The summed E-state index contributed by atoms with van der Waals surface area (Å²) in [6, 6.07) is -0.855. The second-order valence-corrected chi connectivity index (χ2v) is 3.50. The highest BCUT2D eigenvalue weighted by atomic mass is 16.4. The van der Waals surface area contributed by atoms with Crippen molar-refractivity contribution in [2.24, 2.45) is 5.92 Å². The average Bonchev–Trinajstić information content (AvgIpc) is 2.16. The lowest BCUT2D eigenvalue weighted by atomic mass is 9.89. The molecule has 1 fully saturated rings. The Bertz CT molecular complexity index is 241. The monoisotopic (exact) mass is 201 g/mol. The van der Waals surface area contributed by atoms with Crippen molar-refractivity contribution in [2.45, 2.75) is 25.8 Å². The van der Waals surface area contributed by atoms with Crippen molar-refractivity contribution in [1.82, 2.24) is 4.90 Å². The Morgan fingerprint density at radius 1 is 1.36 bits per heavy atom. The lowest BCUT2D eigenvalue weighted by Gasteiger charge is -2.35. The molecule has 1 aliphatic heterocycles. The second-order valence-electron chi connectivity index (χ2n) is 3.50. The number of rotatable bonds is 3. The summed E-state index contributed by atoms with van der Waals surface area (Å²) in [4.78, 5) is 23.5. The number of piperidine rings is 1. The summed E-state index contributed by atoms with van der Waals surface area (Å²) in [6.45, 7) is 3.11. The maximum Gasteiger partial charge on any atom is 0.321 e. The van der Waals surface area contributed by atoms with E-state index in [1.165, 1.54) is 0 Å². The van der Waals surface area contributed by atoms with E-state index in [2.05, 4.69) is 0 Å². The van der Waals surface area contributed by atoms with E-state index in [0.29, 0.717) is 19.5 Å². The molecule has 0 aromatic carbocycles. The van der Waals surface area contributed by atoms with Crippen LogP contribution in [0.1, 0.15) is 19.8 Å². The number of hydrogen-bond acceptors (Lipinski definition) is 3. The van der Waals surface area contributed by atoms with Gasteiger partial charge in [-0.15, -0.1) is 0 Å². The summed E-state index contributed by atoms with van der Waals surface area (Å²) in [5.41, 5.74) is 0. The Balaban J connectivity index is 2.83. The first kappa shape index (κ1) is 11.0. The van der Waals surface area contributed by atoms with Crippen LogP contribution in [0.4, 0.5) is 0 Å². The third kappa shape index (κ3) is 2.04. The zero-order valence-corrected chi connectivity index (χ0v) is 8.14. The number of carboxylic acids is 2. The van der Waals surface area contributed by atoms with Gasteiger partial charge >= 0.3 is 11.9 Å². The molecule has 0 saturated carbocycles. The molecule has 5 nitrogen and oxygen atoms in total. The molecule has 2 atom stereocenters. The zero-order chi connectivity index (χ0) is 10.7. The molecule has 0 unspecified atom stereocenters. The number of likely N-dealkylation sites (N-methyl/N-ethyl adjacent to an activating group) is 1. The maximum absolute atomic E-state index is 10.9. The van der Waals surface area contributed by atoms with Crippen LogP contribution in [0.5, 0.6) is 0 Å². The number of hydrogen-bond donors (Lipinski definition) is 2. The van der Waals surface area contributed by atoms with Gasteiger partial charge < -0.3 is 10.2 Å². The standard InChI is InChI=1S/C9H15NO4/c1-2-10-5-3-4-6(8(11)12)7(10)9(13)14/h6-7H,2-5H2,1H3,(H,11,12)(H,13,14)/t6-,7+/m1/s1. The molecule has 1 aliphatic rings. The summed E-state index contributed by atoms with van der Waals surface area (Å²) in [5, 5.41) is 17.8. The molecule has 2 N–H and O–H groups in total. The lowest BCUT2D eigenvalue weighted by Crippen LogP contribution is -2.52. The van der Waals surface area contributed by atoms with E-state index >= 15 is 0 Å². The highest BCUT2D eigenvalue weighted by molar-refractivity contribution is 5.82. The molecule has 5 heteroatoms. The van der Waals surface area contributed by atoms with Crippen LogP contribution < -0.4 is 0 Å². The van der Waals surface area contributed by atoms with Gasteiger partial charge in [0, 0.05) is 0 Å². The molecule has 1 heterocycles. The molecule has 0 aromatic heterocycles. The molecule has 1 rings (SSSR count). The van der Waals surface area contributed by atoms with Gasteiger partial charge in [0.25, 0.3) is 0 Å². The topological polar surface area (TPSA) is 77.8 Å². The van der Waals surface area contributed by atoms with Crippen LogP contribution in [0.15, 0.2) is 0 Å². The summed E-state index contributed by atoms with van der Waals surface area (Å²) < 4.78 is 0. The highest BCUT2D eigenvalue weighted by Crippen LogP contribution is 2.23. The first-order valence-electron chi connectivity index (χ1n) is 4.77. The third-order valence-electron chi connectivity index (χ3n) is 2.71. The summed E-state index contributed by atoms with van der Waals surface area (Å²) in [5.74, 6) is -2.80. The molecule has 0 aromatic rings. The van der Waals surface area contributed by atoms with Gasteiger partial charge in [0.15, 0.2) is 0 Å². The molecule has 14 heavy (non-hydrogen) atoms. The minimum absolute atomic E-state index is 0.461. The average molecular weight is 201 g/mol. The van der Waals surface area contributed by atoms with Crippen LogP contribution in [0, 0.1) is 5.92 Å². The molecule has 0 radical (unpaired) electrons. The summed E-state index contributed by atoms with van der Waals surface area (Å²) >= 11 is 0. The number of carbonyl (C=O) groups is 2. The van der Waals surface area contributed by atoms with Gasteiger partial charge in [-0.1, -0.05) is 6.92 Å². The molecule has 80 valence electrons. The van der Waals surface area contributed by atoms with Gasteiger partial charge in [0.2, 0.25) is 0 Å². The fourth-order valence-corrected chi connectivity index (χ4v) is 2.01. The van der Waals surface area contributed by atoms with Gasteiger partial charge in [-0.05, 0) is 25.9 Å². The van der Waals surface area contributed by atoms with Crippen molar-refractivity contribution in [3.05, 3.63) is 0 Å². The van der Waals surface area contributed by atoms with E-state index in [-0.39, 0.29) is 0 Å². The third-order valence-corrected chi connectivity index (χ3v) is 2.71. The van der Waals surface area contributed by atoms with Crippen LogP contribution in [0.25, 0.3) is 0 Å². The van der Waals surface area contributed by atoms with E-state index in [1.807, 2.05) is 6.92 Å². The van der Waals surface area contributed by atoms with Gasteiger partial charge in [0.1, 0.15) is 6.04 Å². The van der Waals surface area contributed by atoms with Crippen molar-refractivity contribution in [3.63, 3.8) is 0 Å². The van der Waals surface area contributed by atoms with Gasteiger partial charge in [-0.3, -0.25) is 14.5 Å². The van der Waals surface area contributed by atoms with Crippen molar-refractivity contribution < 1.29 is 19.8 Å². The summed E-state index contributed by atoms with van der Waals surface area (Å²) in [7, 11) is 0. The Morgan fingerprint density at radius 2 is 2.00 bits per heavy atom. The van der Waals surface area contributed by atoms with E-state index < -0.39 is 23.9 Å². The predicted octanol–water partition coefficient (Wildman–Crippen LogP) is 0.256.